The second-order valence-corrected chi connectivity index (χ2v) is 7.82. The number of hydrogen-bond acceptors (Lipinski definition) is 8. The SMILES string of the molecule is COc1c2c(cc3c1-c1c(cc4c(c1OC)OCO4)[C@H](O)[C@@H](C)[C@@H](C)[C@H]3O)OCO2. The van der Waals surface area contributed by atoms with Crippen molar-refractivity contribution >= 4 is 0 Å². The summed E-state index contributed by atoms with van der Waals surface area (Å²) >= 11 is 0. The van der Waals surface area contributed by atoms with Crippen LogP contribution in [0.25, 0.3) is 11.1 Å². The third-order valence-corrected chi connectivity index (χ3v) is 6.42. The highest BCUT2D eigenvalue weighted by molar-refractivity contribution is 5.89. The number of rotatable bonds is 2. The number of aliphatic hydroxyl groups excluding tert-OH is 2. The highest BCUT2D eigenvalue weighted by atomic mass is 16.7. The summed E-state index contributed by atoms with van der Waals surface area (Å²) in [6.07, 6.45) is -1.76. The first kappa shape index (κ1) is 19.1. The van der Waals surface area contributed by atoms with Gasteiger partial charge in [0.05, 0.1) is 26.4 Å². The van der Waals surface area contributed by atoms with Crippen molar-refractivity contribution in [3.8, 4) is 45.6 Å². The minimum atomic E-state index is -0.878. The zero-order chi connectivity index (χ0) is 21.2. The summed E-state index contributed by atoms with van der Waals surface area (Å²) in [7, 11) is 3.06. The molecule has 2 heterocycles. The van der Waals surface area contributed by atoms with Crippen LogP contribution in [-0.2, 0) is 0 Å². The van der Waals surface area contributed by atoms with Crippen molar-refractivity contribution in [2.24, 2.45) is 11.8 Å². The maximum atomic E-state index is 11.3. The van der Waals surface area contributed by atoms with E-state index in [4.69, 9.17) is 28.4 Å². The summed E-state index contributed by atoms with van der Waals surface area (Å²) < 4.78 is 34.0. The number of methoxy groups -OCH3 is 2. The second kappa shape index (κ2) is 6.85. The summed E-state index contributed by atoms with van der Waals surface area (Å²) in [5.74, 6) is 2.22. The molecule has 3 aliphatic rings. The van der Waals surface area contributed by atoms with Gasteiger partial charge in [-0.1, -0.05) is 13.8 Å². The Morgan fingerprint density at radius 3 is 1.50 bits per heavy atom. The van der Waals surface area contributed by atoms with E-state index in [0.717, 1.165) is 0 Å². The fourth-order valence-electron chi connectivity index (χ4n) is 4.58. The Morgan fingerprint density at radius 2 is 1.13 bits per heavy atom. The predicted molar refractivity (Wildman–Crippen MR) is 105 cm³/mol. The lowest BCUT2D eigenvalue weighted by Crippen LogP contribution is -2.26. The molecule has 0 saturated heterocycles. The van der Waals surface area contributed by atoms with Gasteiger partial charge in [-0.15, -0.1) is 0 Å². The predicted octanol–water partition coefficient (Wildman–Crippen LogP) is 3.18. The molecule has 0 radical (unpaired) electrons. The molecule has 0 fully saturated rings. The Morgan fingerprint density at radius 1 is 0.733 bits per heavy atom. The lowest BCUT2D eigenvalue weighted by atomic mass is 9.74. The summed E-state index contributed by atoms with van der Waals surface area (Å²) in [4.78, 5) is 0. The molecule has 0 bridgehead atoms. The first-order valence-electron chi connectivity index (χ1n) is 9.85. The number of hydrogen-bond donors (Lipinski definition) is 2. The molecule has 0 spiro atoms. The van der Waals surface area contributed by atoms with Crippen LogP contribution in [-0.4, -0.2) is 38.0 Å². The second-order valence-electron chi connectivity index (χ2n) is 7.82. The zero-order valence-electron chi connectivity index (χ0n) is 17.2. The quantitative estimate of drug-likeness (QED) is 0.771. The molecule has 2 N–H and O–H groups in total. The van der Waals surface area contributed by atoms with Crippen LogP contribution in [0.4, 0.5) is 0 Å². The van der Waals surface area contributed by atoms with Crippen molar-refractivity contribution in [3.63, 3.8) is 0 Å². The van der Waals surface area contributed by atoms with Gasteiger partial charge in [-0.2, -0.15) is 0 Å². The van der Waals surface area contributed by atoms with E-state index in [1.165, 1.54) is 14.2 Å². The fourth-order valence-corrected chi connectivity index (χ4v) is 4.58. The van der Waals surface area contributed by atoms with Crippen LogP contribution in [0.15, 0.2) is 12.1 Å². The molecule has 8 nitrogen and oxygen atoms in total. The average Bonchev–Trinajstić information content (AvgIpc) is 3.42. The molecule has 1 aliphatic carbocycles. The van der Waals surface area contributed by atoms with Gasteiger partial charge in [0, 0.05) is 11.1 Å². The van der Waals surface area contributed by atoms with E-state index in [1.54, 1.807) is 12.1 Å². The Hall–Kier alpha value is -2.84. The Labute approximate surface area is 173 Å². The minimum absolute atomic E-state index is 0.0599. The topological polar surface area (TPSA) is 95.8 Å². The van der Waals surface area contributed by atoms with Crippen LogP contribution in [0.5, 0.6) is 34.5 Å². The first-order valence-corrected chi connectivity index (χ1v) is 9.85. The van der Waals surface area contributed by atoms with E-state index in [-0.39, 0.29) is 25.4 Å². The van der Waals surface area contributed by atoms with E-state index in [1.807, 2.05) is 13.8 Å². The van der Waals surface area contributed by atoms with Gasteiger partial charge in [0.25, 0.3) is 0 Å². The van der Waals surface area contributed by atoms with Crippen molar-refractivity contribution in [2.75, 3.05) is 27.8 Å². The van der Waals surface area contributed by atoms with Crippen LogP contribution in [0.1, 0.15) is 37.2 Å². The normalized spacial score (nSPS) is 25.8. The van der Waals surface area contributed by atoms with Crippen molar-refractivity contribution in [3.05, 3.63) is 23.3 Å². The fraction of sp³-hybridized carbons (Fsp3) is 0.455. The highest BCUT2D eigenvalue weighted by Gasteiger charge is 2.41. The maximum Gasteiger partial charge on any atom is 0.231 e. The lowest BCUT2D eigenvalue weighted by molar-refractivity contribution is 0.0198. The average molecular weight is 416 g/mol. The molecule has 160 valence electrons. The van der Waals surface area contributed by atoms with Gasteiger partial charge in [-0.25, -0.2) is 0 Å². The minimum Gasteiger partial charge on any atom is -0.492 e. The van der Waals surface area contributed by atoms with Crippen molar-refractivity contribution < 1.29 is 38.6 Å². The molecule has 0 unspecified atom stereocenters. The molecule has 0 saturated carbocycles. The zero-order valence-corrected chi connectivity index (χ0v) is 17.2. The Balaban J connectivity index is 1.94. The van der Waals surface area contributed by atoms with E-state index < -0.39 is 12.2 Å². The highest BCUT2D eigenvalue weighted by Crippen LogP contribution is 2.60. The van der Waals surface area contributed by atoms with E-state index >= 15 is 0 Å². The van der Waals surface area contributed by atoms with Crippen LogP contribution in [0, 0.1) is 11.8 Å². The van der Waals surface area contributed by atoms with Gasteiger partial charge < -0.3 is 38.6 Å². The van der Waals surface area contributed by atoms with Crippen LogP contribution in [0.3, 0.4) is 0 Å². The molecule has 0 amide bonds. The van der Waals surface area contributed by atoms with Crippen molar-refractivity contribution in [2.45, 2.75) is 26.1 Å². The lowest BCUT2D eigenvalue weighted by Gasteiger charge is -2.35. The van der Waals surface area contributed by atoms with Gasteiger partial charge in [-0.05, 0) is 35.1 Å². The molecule has 30 heavy (non-hydrogen) atoms. The molecular weight excluding hydrogens is 392 g/mol. The molecule has 0 aromatic heterocycles. The first-order chi connectivity index (χ1) is 14.5. The van der Waals surface area contributed by atoms with Crippen LogP contribution < -0.4 is 28.4 Å². The molecule has 2 aliphatic heterocycles. The molecule has 2 aromatic rings. The third kappa shape index (κ3) is 2.47. The molecule has 2 aromatic carbocycles. The smallest absolute Gasteiger partial charge is 0.231 e. The largest absolute Gasteiger partial charge is 0.492 e. The summed E-state index contributed by atoms with van der Waals surface area (Å²) in [6.45, 7) is 3.94. The third-order valence-electron chi connectivity index (χ3n) is 6.42. The van der Waals surface area contributed by atoms with Crippen LogP contribution >= 0.6 is 0 Å². The Kier molecular flexibility index (Phi) is 4.37. The van der Waals surface area contributed by atoms with Gasteiger partial charge >= 0.3 is 0 Å². The summed E-state index contributed by atoms with van der Waals surface area (Å²) in [5, 5.41) is 22.6. The summed E-state index contributed by atoms with van der Waals surface area (Å²) in [5.41, 5.74) is 2.39. The maximum absolute atomic E-state index is 11.3. The molecule has 8 heteroatoms. The van der Waals surface area contributed by atoms with Gasteiger partial charge in [0.1, 0.15) is 0 Å². The monoisotopic (exact) mass is 416 g/mol. The summed E-state index contributed by atoms with van der Waals surface area (Å²) in [6, 6.07) is 3.55. The number of aliphatic hydroxyl groups is 2. The van der Waals surface area contributed by atoms with Gasteiger partial charge in [0.2, 0.25) is 25.1 Å². The van der Waals surface area contributed by atoms with Crippen LogP contribution in [0.2, 0.25) is 0 Å². The number of fused-ring (bicyclic) bond motifs is 5. The number of benzene rings is 2. The molecular formula is C22H24O8. The van der Waals surface area contributed by atoms with Crippen molar-refractivity contribution in [1.29, 1.82) is 0 Å². The number of ether oxygens (including phenoxy) is 6. The van der Waals surface area contributed by atoms with E-state index in [9.17, 15) is 10.2 Å². The molecule has 4 atom stereocenters. The van der Waals surface area contributed by atoms with Gasteiger partial charge in [-0.3, -0.25) is 0 Å². The Bertz CT molecular complexity index is 936. The van der Waals surface area contributed by atoms with Gasteiger partial charge in [0.15, 0.2) is 23.0 Å². The molecule has 5 rings (SSSR count). The standard InChI is InChI=1S/C22H24O8/c1-9-10(2)18(24)12-6-14-20(30-8-28-14)22(26-4)16(12)15-11(17(9)23)5-13-19(21(15)25-3)29-7-27-13/h5-6,9-10,17-18,23-24H,7-8H2,1-4H3/t9-,10+,17-,18-/m1/s1. The van der Waals surface area contributed by atoms with E-state index in [2.05, 4.69) is 0 Å². The van der Waals surface area contributed by atoms with Crippen molar-refractivity contribution in [1.82, 2.24) is 0 Å². The van der Waals surface area contributed by atoms with E-state index in [0.29, 0.717) is 56.8 Å².